The van der Waals surface area contributed by atoms with Crippen LogP contribution in [0.25, 0.3) is 10.8 Å². The molecule has 0 aliphatic carbocycles. The number of benzene rings is 4. The van der Waals surface area contributed by atoms with E-state index in [1.54, 1.807) is 48.5 Å². The van der Waals surface area contributed by atoms with Gasteiger partial charge in [0.2, 0.25) is 35.8 Å². The lowest BCUT2D eigenvalue weighted by atomic mass is 9.97. The van der Waals surface area contributed by atoms with Gasteiger partial charge in [-0.25, -0.2) is 4.99 Å². The van der Waals surface area contributed by atoms with Crippen molar-refractivity contribution in [3.05, 3.63) is 124 Å². The smallest absolute Gasteiger partial charge is 0.269 e. The van der Waals surface area contributed by atoms with E-state index in [1.807, 2.05) is 36.4 Å². The standard InChI is InChI=1S/C40H47N9O8/c1-25(50)44-33(23-27-14-17-31(51)18-15-27)36(53)45-34(22-26-9-4-3-5-10-26)37(54)47-40(48-39(41)42,19-8-20-49(56)57)38(55)46-32(35(52)43-2)24-28-13-16-29-11-6-7-12-30(29)21-28/h3-7,9-18,21,32-34,51H,8,19-20,22-24H2,1-2H3,(H,43,52)(H,44,50)(H,45,53)(H,46,55)(H,47,54)(H4,41,42,48)/t32-,33-,34+,40+/m0/s1. The summed E-state index contributed by atoms with van der Waals surface area (Å²) in [6.45, 7) is 0.602. The van der Waals surface area contributed by atoms with Crippen LogP contribution in [0.4, 0.5) is 0 Å². The van der Waals surface area contributed by atoms with E-state index in [2.05, 4.69) is 31.6 Å². The number of nitrogens with two attached hydrogens (primary N) is 2. The fraction of sp³-hybridized carbons (Fsp3) is 0.300. The Hall–Kier alpha value is -7.04. The predicted octanol–water partition coefficient (Wildman–Crippen LogP) is 0.936. The Balaban J connectivity index is 1.71. The molecule has 0 saturated carbocycles. The molecule has 4 rings (SSSR count). The molecule has 5 amide bonds. The lowest BCUT2D eigenvalue weighted by Crippen LogP contribution is -2.65. The van der Waals surface area contributed by atoms with Gasteiger partial charge in [0.1, 0.15) is 23.9 Å². The van der Waals surface area contributed by atoms with Crippen molar-refractivity contribution in [3.8, 4) is 5.75 Å². The first-order valence-electron chi connectivity index (χ1n) is 18.1. The Kier molecular flexibility index (Phi) is 15.0. The molecule has 0 fully saturated rings. The third kappa shape index (κ3) is 12.8. The SMILES string of the molecule is CNC(=O)[C@H](Cc1ccc2ccccc2c1)NC(=O)[C@@](CCC[N+](=O)[O-])(N=C(N)N)NC(=O)[C@@H](Cc1ccccc1)NC(=O)[C@H](Cc1ccc(O)cc1)NC(C)=O. The molecule has 0 aliphatic rings. The molecule has 0 saturated heterocycles. The second-order valence-corrected chi connectivity index (χ2v) is 13.4. The number of amides is 5. The number of nitro groups is 1. The maximum atomic E-state index is 14.5. The molecule has 17 heteroatoms. The van der Waals surface area contributed by atoms with Crippen LogP contribution in [-0.4, -0.2) is 82.9 Å². The van der Waals surface area contributed by atoms with Crippen LogP contribution in [0.3, 0.4) is 0 Å². The van der Waals surface area contributed by atoms with Gasteiger partial charge in [0.15, 0.2) is 5.96 Å². The molecule has 0 aliphatic heterocycles. The third-order valence-electron chi connectivity index (χ3n) is 9.01. The van der Waals surface area contributed by atoms with E-state index in [4.69, 9.17) is 11.5 Å². The van der Waals surface area contributed by atoms with Gasteiger partial charge in [-0.3, -0.25) is 34.1 Å². The van der Waals surface area contributed by atoms with E-state index < -0.39 is 77.2 Å². The first-order valence-corrected chi connectivity index (χ1v) is 18.1. The summed E-state index contributed by atoms with van der Waals surface area (Å²) in [6, 6.07) is 23.9. The monoisotopic (exact) mass is 781 g/mol. The maximum Gasteiger partial charge on any atom is 0.269 e. The van der Waals surface area contributed by atoms with E-state index in [0.29, 0.717) is 16.7 Å². The maximum absolute atomic E-state index is 14.5. The van der Waals surface area contributed by atoms with Crippen LogP contribution in [0.15, 0.2) is 102 Å². The van der Waals surface area contributed by atoms with Crippen molar-refractivity contribution < 1.29 is 34.0 Å². The summed E-state index contributed by atoms with van der Waals surface area (Å²) < 4.78 is 0. The number of carbonyl (C=O) groups excluding carboxylic acids is 5. The van der Waals surface area contributed by atoms with Gasteiger partial charge < -0.3 is 43.2 Å². The summed E-state index contributed by atoms with van der Waals surface area (Å²) in [5.74, 6) is -4.52. The molecular formula is C40H47N9O8. The van der Waals surface area contributed by atoms with Crippen molar-refractivity contribution in [2.24, 2.45) is 16.5 Å². The molecule has 10 N–H and O–H groups in total. The minimum Gasteiger partial charge on any atom is -0.508 e. The molecule has 57 heavy (non-hydrogen) atoms. The van der Waals surface area contributed by atoms with Crippen LogP contribution in [0.2, 0.25) is 0 Å². The average molecular weight is 782 g/mol. The molecule has 0 radical (unpaired) electrons. The summed E-state index contributed by atoms with van der Waals surface area (Å²) in [5.41, 5.74) is 11.1. The van der Waals surface area contributed by atoms with Gasteiger partial charge in [-0.2, -0.15) is 0 Å². The second kappa shape index (κ2) is 20.0. The third-order valence-corrected chi connectivity index (χ3v) is 9.01. The molecule has 4 atom stereocenters. The van der Waals surface area contributed by atoms with Gasteiger partial charge in [0.05, 0.1) is 0 Å². The summed E-state index contributed by atoms with van der Waals surface area (Å²) in [5, 5.41) is 36.0. The largest absolute Gasteiger partial charge is 0.508 e. The first-order chi connectivity index (χ1) is 27.2. The van der Waals surface area contributed by atoms with Gasteiger partial charge >= 0.3 is 0 Å². The predicted molar refractivity (Wildman–Crippen MR) is 213 cm³/mol. The Morgan fingerprint density at radius 3 is 1.91 bits per heavy atom. The number of nitrogens with zero attached hydrogens (tertiary/aromatic N) is 2. The number of phenolic OH excluding ortho intramolecular Hbond substituents is 1. The molecule has 0 aromatic heterocycles. The van der Waals surface area contributed by atoms with Crippen molar-refractivity contribution in [1.82, 2.24) is 26.6 Å². The van der Waals surface area contributed by atoms with Crippen LogP contribution < -0.4 is 38.1 Å². The molecule has 17 nitrogen and oxygen atoms in total. The van der Waals surface area contributed by atoms with E-state index >= 15 is 0 Å². The highest BCUT2D eigenvalue weighted by molar-refractivity contribution is 5.99. The molecule has 0 spiro atoms. The van der Waals surface area contributed by atoms with Gasteiger partial charge in [0, 0.05) is 51.0 Å². The minimum atomic E-state index is -2.40. The Morgan fingerprint density at radius 2 is 1.30 bits per heavy atom. The van der Waals surface area contributed by atoms with Crippen LogP contribution in [0, 0.1) is 10.1 Å². The first kappa shape index (κ1) is 42.7. The molecular weight excluding hydrogens is 734 g/mol. The Bertz CT molecular complexity index is 2090. The van der Waals surface area contributed by atoms with Crippen molar-refractivity contribution in [3.63, 3.8) is 0 Å². The molecule has 300 valence electrons. The molecule has 0 bridgehead atoms. The highest BCUT2D eigenvalue weighted by Crippen LogP contribution is 2.21. The fourth-order valence-electron chi connectivity index (χ4n) is 6.26. The average Bonchev–Trinajstić information content (AvgIpc) is 3.17. The highest BCUT2D eigenvalue weighted by Gasteiger charge is 2.43. The zero-order valence-electron chi connectivity index (χ0n) is 31.6. The van der Waals surface area contributed by atoms with E-state index in [-0.39, 0.29) is 31.4 Å². The molecule has 4 aromatic carbocycles. The zero-order chi connectivity index (χ0) is 41.5. The van der Waals surface area contributed by atoms with Crippen LogP contribution >= 0.6 is 0 Å². The molecule has 4 aromatic rings. The molecule has 0 heterocycles. The number of hydrogen-bond acceptors (Lipinski definition) is 9. The topological polar surface area (TPSA) is 273 Å². The van der Waals surface area contributed by atoms with Crippen LogP contribution in [0.5, 0.6) is 5.75 Å². The lowest BCUT2D eigenvalue weighted by molar-refractivity contribution is -0.480. The number of nitrogens with one attached hydrogen (secondary N) is 5. The zero-order valence-corrected chi connectivity index (χ0v) is 31.6. The van der Waals surface area contributed by atoms with Crippen LogP contribution in [-0.2, 0) is 43.2 Å². The summed E-state index contributed by atoms with van der Waals surface area (Å²) in [6.07, 6.45) is -0.886. The van der Waals surface area contributed by atoms with Gasteiger partial charge in [-0.1, -0.05) is 84.9 Å². The van der Waals surface area contributed by atoms with Gasteiger partial charge in [0.25, 0.3) is 5.91 Å². The number of carbonyl (C=O) groups is 5. The van der Waals surface area contributed by atoms with Crippen molar-refractivity contribution >= 4 is 46.3 Å². The number of aliphatic imine (C=N–C) groups is 1. The number of rotatable bonds is 19. The fourth-order valence-corrected chi connectivity index (χ4v) is 6.26. The number of phenols is 1. The summed E-state index contributed by atoms with van der Waals surface area (Å²) in [4.78, 5) is 83.1. The lowest BCUT2D eigenvalue weighted by Gasteiger charge is -2.33. The van der Waals surface area contributed by atoms with Crippen molar-refractivity contribution in [2.45, 2.75) is 62.8 Å². The second-order valence-electron chi connectivity index (χ2n) is 13.4. The van der Waals surface area contributed by atoms with Gasteiger partial charge in [-0.05, 0) is 39.6 Å². The number of fused-ring (bicyclic) bond motifs is 1. The van der Waals surface area contributed by atoms with Crippen molar-refractivity contribution in [1.29, 1.82) is 0 Å². The number of likely N-dealkylation sites (N-methyl/N-ethyl adjacent to an activating group) is 1. The summed E-state index contributed by atoms with van der Waals surface area (Å²) >= 11 is 0. The molecule has 0 unspecified atom stereocenters. The Labute approximate surface area is 328 Å². The number of hydrogen-bond donors (Lipinski definition) is 8. The number of aromatic hydroxyl groups is 1. The number of guanidine groups is 1. The highest BCUT2D eigenvalue weighted by atomic mass is 16.6. The van der Waals surface area contributed by atoms with E-state index in [9.17, 15) is 39.2 Å². The normalized spacial score (nSPS) is 13.4. The quantitative estimate of drug-likeness (QED) is 0.0289. The Morgan fingerprint density at radius 1 is 0.737 bits per heavy atom. The van der Waals surface area contributed by atoms with Crippen LogP contribution in [0.1, 0.15) is 36.5 Å². The van der Waals surface area contributed by atoms with Crippen molar-refractivity contribution in [2.75, 3.05) is 13.6 Å². The van der Waals surface area contributed by atoms with E-state index in [0.717, 1.165) is 10.8 Å². The minimum absolute atomic E-state index is 0.000659. The summed E-state index contributed by atoms with van der Waals surface area (Å²) in [7, 11) is 1.39. The van der Waals surface area contributed by atoms with Gasteiger partial charge in [-0.15, -0.1) is 0 Å². The van der Waals surface area contributed by atoms with E-state index in [1.165, 1.54) is 26.1 Å².